The summed E-state index contributed by atoms with van der Waals surface area (Å²) in [7, 11) is 1.74. The molecular formula is C11H12F3N3. The fourth-order valence-corrected chi connectivity index (χ4v) is 1.14. The van der Waals surface area contributed by atoms with E-state index >= 15 is 0 Å². The van der Waals surface area contributed by atoms with Gasteiger partial charge in [-0.05, 0) is 19.2 Å². The van der Waals surface area contributed by atoms with Crippen LogP contribution in [-0.2, 0) is 6.18 Å². The number of hydrogen-bond donors (Lipinski definition) is 2. The van der Waals surface area contributed by atoms with Gasteiger partial charge in [-0.15, -0.1) is 0 Å². The quantitative estimate of drug-likeness (QED) is 0.613. The van der Waals surface area contributed by atoms with Gasteiger partial charge in [0, 0.05) is 13.0 Å². The second-order valence-corrected chi connectivity index (χ2v) is 3.29. The molecule has 0 aliphatic carbocycles. The van der Waals surface area contributed by atoms with E-state index in [-0.39, 0.29) is 11.4 Å². The number of nitrogens with two attached hydrogens (primary N) is 1. The molecule has 0 radical (unpaired) electrons. The largest absolute Gasteiger partial charge is 0.434 e. The molecule has 0 saturated carbocycles. The van der Waals surface area contributed by atoms with Crippen molar-refractivity contribution in [1.82, 2.24) is 10.3 Å². The minimum atomic E-state index is -4.54. The number of rotatable bonds is 2. The van der Waals surface area contributed by atoms with Crippen molar-refractivity contribution in [3.63, 3.8) is 0 Å². The van der Waals surface area contributed by atoms with E-state index in [0.29, 0.717) is 13.0 Å². The molecule has 92 valence electrons. The van der Waals surface area contributed by atoms with Crippen molar-refractivity contribution in [2.75, 3.05) is 19.3 Å². The van der Waals surface area contributed by atoms with Crippen LogP contribution in [0.15, 0.2) is 12.1 Å². The summed E-state index contributed by atoms with van der Waals surface area (Å²) in [6, 6.07) is 2.54. The fourth-order valence-electron chi connectivity index (χ4n) is 1.14. The second-order valence-electron chi connectivity index (χ2n) is 3.29. The Morgan fingerprint density at radius 3 is 2.71 bits per heavy atom. The van der Waals surface area contributed by atoms with Gasteiger partial charge in [0.15, 0.2) is 5.69 Å². The number of nitrogens with zero attached hydrogens (tertiary/aromatic N) is 1. The molecule has 0 spiro atoms. The lowest BCUT2D eigenvalue weighted by atomic mass is 10.2. The lowest BCUT2D eigenvalue weighted by molar-refractivity contribution is -0.141. The number of alkyl halides is 3. The van der Waals surface area contributed by atoms with Crippen molar-refractivity contribution in [3.8, 4) is 11.8 Å². The van der Waals surface area contributed by atoms with Crippen molar-refractivity contribution in [3.05, 3.63) is 23.4 Å². The van der Waals surface area contributed by atoms with Gasteiger partial charge in [-0.25, -0.2) is 4.98 Å². The van der Waals surface area contributed by atoms with Crippen LogP contribution in [0.2, 0.25) is 0 Å². The van der Waals surface area contributed by atoms with Gasteiger partial charge in [0.05, 0.1) is 5.56 Å². The minimum absolute atomic E-state index is 0.150. The predicted molar refractivity (Wildman–Crippen MR) is 59.1 cm³/mol. The highest BCUT2D eigenvalue weighted by molar-refractivity contribution is 5.44. The SMILES string of the molecule is CNCCC#Cc1ccc(N)nc1C(F)(F)F. The van der Waals surface area contributed by atoms with E-state index in [1.807, 2.05) is 0 Å². The normalized spacial score (nSPS) is 10.8. The van der Waals surface area contributed by atoms with E-state index in [1.54, 1.807) is 7.05 Å². The summed E-state index contributed by atoms with van der Waals surface area (Å²) < 4.78 is 37.8. The predicted octanol–water partition coefficient (Wildman–Crippen LogP) is 1.64. The zero-order chi connectivity index (χ0) is 12.9. The van der Waals surface area contributed by atoms with Crippen molar-refractivity contribution in [2.45, 2.75) is 12.6 Å². The average molecular weight is 243 g/mol. The third-order valence-electron chi connectivity index (χ3n) is 1.91. The second kappa shape index (κ2) is 5.55. The Labute approximate surface area is 97.2 Å². The summed E-state index contributed by atoms with van der Waals surface area (Å²) >= 11 is 0. The number of anilines is 1. The van der Waals surface area contributed by atoms with Gasteiger partial charge >= 0.3 is 6.18 Å². The van der Waals surface area contributed by atoms with Crippen LogP contribution in [0.1, 0.15) is 17.7 Å². The van der Waals surface area contributed by atoms with Crippen LogP contribution < -0.4 is 11.1 Å². The number of aromatic nitrogens is 1. The van der Waals surface area contributed by atoms with E-state index in [2.05, 4.69) is 22.1 Å². The molecule has 0 aliphatic heterocycles. The molecule has 1 aromatic rings. The molecule has 6 heteroatoms. The Morgan fingerprint density at radius 2 is 2.12 bits per heavy atom. The van der Waals surface area contributed by atoms with Gasteiger partial charge in [0.25, 0.3) is 0 Å². The van der Waals surface area contributed by atoms with Crippen molar-refractivity contribution >= 4 is 5.82 Å². The molecule has 3 nitrogen and oxygen atoms in total. The van der Waals surface area contributed by atoms with Crippen LogP contribution in [-0.4, -0.2) is 18.6 Å². The highest BCUT2D eigenvalue weighted by atomic mass is 19.4. The van der Waals surface area contributed by atoms with Crippen molar-refractivity contribution in [1.29, 1.82) is 0 Å². The minimum Gasteiger partial charge on any atom is -0.384 e. The molecule has 0 aliphatic rings. The fraction of sp³-hybridized carbons (Fsp3) is 0.364. The topological polar surface area (TPSA) is 50.9 Å². The Bertz CT molecular complexity index is 444. The number of hydrogen-bond acceptors (Lipinski definition) is 3. The average Bonchev–Trinajstić information content (AvgIpc) is 2.25. The summed E-state index contributed by atoms with van der Waals surface area (Å²) in [6.07, 6.45) is -4.07. The third kappa shape index (κ3) is 3.96. The number of nitrogens with one attached hydrogen (secondary N) is 1. The van der Waals surface area contributed by atoms with Crippen LogP contribution in [0.4, 0.5) is 19.0 Å². The zero-order valence-corrected chi connectivity index (χ0v) is 9.23. The molecule has 1 rings (SSSR count). The lowest BCUT2D eigenvalue weighted by Crippen LogP contribution is -2.12. The molecule has 0 unspecified atom stereocenters. The standard InChI is InChI=1S/C11H12F3N3/c1-16-7-3-2-4-8-5-6-9(15)17-10(8)11(12,13)14/h5-6,16H,3,7H2,1H3,(H2,15,17). The molecule has 0 aromatic carbocycles. The number of pyridine rings is 1. The van der Waals surface area contributed by atoms with E-state index in [4.69, 9.17) is 5.73 Å². The third-order valence-corrected chi connectivity index (χ3v) is 1.91. The van der Waals surface area contributed by atoms with Crippen molar-refractivity contribution < 1.29 is 13.2 Å². The number of halogens is 3. The van der Waals surface area contributed by atoms with Gasteiger partial charge in [0.2, 0.25) is 0 Å². The highest BCUT2D eigenvalue weighted by Crippen LogP contribution is 2.30. The Morgan fingerprint density at radius 1 is 1.41 bits per heavy atom. The molecule has 0 bridgehead atoms. The Hall–Kier alpha value is -1.74. The summed E-state index contributed by atoms with van der Waals surface area (Å²) in [5.41, 5.74) is 4.05. The number of nitrogen functional groups attached to an aromatic ring is 1. The maximum Gasteiger partial charge on any atom is 0.434 e. The molecule has 1 heterocycles. The van der Waals surface area contributed by atoms with Crippen molar-refractivity contribution in [2.24, 2.45) is 0 Å². The molecule has 1 aromatic heterocycles. The molecule has 17 heavy (non-hydrogen) atoms. The summed E-state index contributed by atoms with van der Waals surface area (Å²) in [6.45, 7) is 0.622. The molecular weight excluding hydrogens is 231 g/mol. The summed E-state index contributed by atoms with van der Waals surface area (Å²) in [5, 5.41) is 2.85. The first-order valence-electron chi connectivity index (χ1n) is 4.92. The van der Waals surface area contributed by atoms with E-state index in [1.165, 1.54) is 12.1 Å². The van der Waals surface area contributed by atoms with Crippen LogP contribution >= 0.6 is 0 Å². The smallest absolute Gasteiger partial charge is 0.384 e. The van der Waals surface area contributed by atoms with Gasteiger partial charge in [0.1, 0.15) is 5.82 Å². The first kappa shape index (κ1) is 13.3. The van der Waals surface area contributed by atoms with Gasteiger partial charge in [-0.1, -0.05) is 11.8 Å². The maximum atomic E-state index is 12.6. The van der Waals surface area contributed by atoms with E-state index < -0.39 is 11.9 Å². The molecule has 0 atom stereocenters. The zero-order valence-electron chi connectivity index (χ0n) is 9.23. The molecule has 0 saturated heterocycles. The Kier molecular flexibility index (Phi) is 4.35. The van der Waals surface area contributed by atoms with E-state index in [9.17, 15) is 13.2 Å². The van der Waals surface area contributed by atoms with E-state index in [0.717, 1.165) is 0 Å². The maximum absolute atomic E-state index is 12.6. The summed E-state index contributed by atoms with van der Waals surface area (Å²) in [5.74, 6) is 4.93. The Balaban J connectivity index is 3.02. The van der Waals surface area contributed by atoms with Gasteiger partial charge in [-0.3, -0.25) is 0 Å². The van der Waals surface area contributed by atoms with Crippen LogP contribution in [0.5, 0.6) is 0 Å². The highest BCUT2D eigenvalue weighted by Gasteiger charge is 2.35. The van der Waals surface area contributed by atoms with Gasteiger partial charge < -0.3 is 11.1 Å². The summed E-state index contributed by atoms with van der Waals surface area (Å²) in [4.78, 5) is 3.28. The monoisotopic (exact) mass is 243 g/mol. The van der Waals surface area contributed by atoms with Crippen LogP contribution in [0.25, 0.3) is 0 Å². The first-order chi connectivity index (χ1) is 7.95. The van der Waals surface area contributed by atoms with Crippen LogP contribution in [0, 0.1) is 11.8 Å². The van der Waals surface area contributed by atoms with Crippen LogP contribution in [0.3, 0.4) is 0 Å². The van der Waals surface area contributed by atoms with Gasteiger partial charge in [-0.2, -0.15) is 13.2 Å². The lowest BCUT2D eigenvalue weighted by Gasteiger charge is -2.08. The first-order valence-corrected chi connectivity index (χ1v) is 4.92. The molecule has 3 N–H and O–H groups in total. The molecule has 0 fully saturated rings. The molecule has 0 amide bonds.